The third kappa shape index (κ3) is 5.06. The van der Waals surface area contributed by atoms with Crippen molar-refractivity contribution < 1.29 is 23.8 Å². The molecule has 0 bridgehead atoms. The summed E-state index contributed by atoms with van der Waals surface area (Å²) in [7, 11) is 0. The van der Waals surface area contributed by atoms with Gasteiger partial charge in [0.25, 0.3) is 5.91 Å². The standard InChI is InChI=1S/C28H35FN6O4/c1-17(36)28(37)34-8-6-33(7-9-34)18-11-19(12-18)35-14-23(25-26(30)31-16-32-27(25)35)22-13-20(4-5-24(22)29)39-15-21-3-2-10-38-21/h4-5,13-14,16-19,21,36H,2-3,6-12,15H2,1H3,(H2,30,31,32)/t17-,18-,19+,21-/m0/s1. The number of aromatic nitrogens is 3. The molecule has 3 N–H and O–H groups in total. The van der Waals surface area contributed by atoms with Crippen LogP contribution in [0.15, 0.2) is 30.7 Å². The van der Waals surface area contributed by atoms with E-state index in [0.29, 0.717) is 59.5 Å². The number of fused-ring (bicyclic) bond motifs is 1. The lowest BCUT2D eigenvalue weighted by Gasteiger charge is -2.47. The summed E-state index contributed by atoms with van der Waals surface area (Å²) >= 11 is 0. The Morgan fingerprint density at radius 1 is 1.21 bits per heavy atom. The second-order valence-corrected chi connectivity index (χ2v) is 10.8. The average Bonchev–Trinajstić information content (AvgIpc) is 3.56. The first-order chi connectivity index (χ1) is 18.9. The fourth-order valence-corrected chi connectivity index (χ4v) is 6.01. The van der Waals surface area contributed by atoms with Crippen LogP contribution in [0.3, 0.4) is 0 Å². The molecule has 0 radical (unpaired) electrons. The number of ether oxygens (including phenoxy) is 2. The van der Waals surface area contributed by atoms with Crippen LogP contribution in [0.5, 0.6) is 5.75 Å². The number of benzene rings is 1. The molecule has 10 nitrogen and oxygen atoms in total. The van der Waals surface area contributed by atoms with Gasteiger partial charge in [-0.2, -0.15) is 0 Å². The number of carbonyl (C=O) groups is 1. The number of hydrogen-bond acceptors (Lipinski definition) is 8. The molecule has 39 heavy (non-hydrogen) atoms. The Balaban J connectivity index is 1.20. The van der Waals surface area contributed by atoms with Crippen molar-refractivity contribution in [3.8, 4) is 16.9 Å². The van der Waals surface area contributed by atoms with Crippen molar-refractivity contribution in [2.24, 2.45) is 0 Å². The number of hydrogen-bond donors (Lipinski definition) is 2. The maximum absolute atomic E-state index is 15.2. The Labute approximate surface area is 226 Å². The first kappa shape index (κ1) is 26.0. The van der Waals surface area contributed by atoms with Gasteiger partial charge < -0.3 is 29.8 Å². The van der Waals surface area contributed by atoms with E-state index in [1.54, 1.807) is 17.0 Å². The molecule has 0 spiro atoms. The highest BCUT2D eigenvalue weighted by atomic mass is 19.1. The second-order valence-electron chi connectivity index (χ2n) is 10.8. The molecule has 1 saturated carbocycles. The van der Waals surface area contributed by atoms with E-state index >= 15 is 4.39 Å². The quantitative estimate of drug-likeness (QED) is 0.471. The van der Waals surface area contributed by atoms with E-state index in [9.17, 15) is 9.90 Å². The van der Waals surface area contributed by atoms with Gasteiger partial charge in [-0.15, -0.1) is 0 Å². The Kier molecular flexibility index (Phi) is 7.13. The molecule has 2 aliphatic heterocycles. The van der Waals surface area contributed by atoms with Crippen molar-refractivity contribution in [2.75, 3.05) is 45.1 Å². The summed E-state index contributed by atoms with van der Waals surface area (Å²) in [6, 6.07) is 5.36. The molecule has 2 aromatic heterocycles. The van der Waals surface area contributed by atoms with Crippen molar-refractivity contribution in [2.45, 2.75) is 56.9 Å². The lowest BCUT2D eigenvalue weighted by atomic mass is 9.85. The zero-order valence-corrected chi connectivity index (χ0v) is 22.1. The van der Waals surface area contributed by atoms with E-state index in [-0.39, 0.29) is 23.9 Å². The van der Waals surface area contributed by atoms with Crippen molar-refractivity contribution in [1.82, 2.24) is 24.3 Å². The number of rotatable bonds is 7. The fraction of sp³-hybridized carbons (Fsp3) is 0.536. The zero-order chi connectivity index (χ0) is 27.1. The zero-order valence-electron chi connectivity index (χ0n) is 22.1. The van der Waals surface area contributed by atoms with E-state index < -0.39 is 6.10 Å². The van der Waals surface area contributed by atoms with Crippen LogP contribution < -0.4 is 10.5 Å². The maximum Gasteiger partial charge on any atom is 0.251 e. The summed E-state index contributed by atoms with van der Waals surface area (Å²) in [5.74, 6) is 0.319. The fourth-order valence-electron chi connectivity index (χ4n) is 6.01. The smallest absolute Gasteiger partial charge is 0.251 e. The minimum Gasteiger partial charge on any atom is -0.491 e. The number of halogens is 1. The largest absolute Gasteiger partial charge is 0.491 e. The molecule has 4 heterocycles. The van der Waals surface area contributed by atoms with Crippen molar-refractivity contribution in [3.05, 3.63) is 36.5 Å². The van der Waals surface area contributed by atoms with Crippen LogP contribution in [0.25, 0.3) is 22.2 Å². The Morgan fingerprint density at radius 3 is 2.72 bits per heavy atom. The molecule has 2 saturated heterocycles. The van der Waals surface area contributed by atoms with Gasteiger partial charge in [-0.25, -0.2) is 14.4 Å². The molecule has 1 aliphatic carbocycles. The summed E-state index contributed by atoms with van der Waals surface area (Å²) in [5, 5.41) is 10.2. The van der Waals surface area contributed by atoms with Gasteiger partial charge in [-0.1, -0.05) is 0 Å². The van der Waals surface area contributed by atoms with Crippen LogP contribution in [-0.4, -0.2) is 93.0 Å². The highest BCUT2D eigenvalue weighted by Gasteiger charge is 2.38. The molecule has 3 aromatic rings. The molecule has 208 valence electrons. The third-order valence-electron chi connectivity index (χ3n) is 8.31. The summed E-state index contributed by atoms with van der Waals surface area (Å²) in [6.07, 6.45) is 6.33. The number of carbonyl (C=O) groups excluding carboxylic acids is 1. The van der Waals surface area contributed by atoms with Crippen molar-refractivity contribution in [1.29, 1.82) is 0 Å². The van der Waals surface area contributed by atoms with Gasteiger partial charge in [0.1, 0.15) is 42.1 Å². The molecular formula is C28H35FN6O4. The van der Waals surface area contributed by atoms with Crippen LogP contribution >= 0.6 is 0 Å². The molecule has 1 amide bonds. The first-order valence-electron chi connectivity index (χ1n) is 13.7. The van der Waals surface area contributed by atoms with Crippen molar-refractivity contribution >= 4 is 22.8 Å². The van der Waals surface area contributed by atoms with E-state index in [1.165, 1.54) is 19.3 Å². The highest BCUT2D eigenvalue weighted by Crippen LogP contribution is 2.43. The molecule has 11 heteroatoms. The summed E-state index contributed by atoms with van der Waals surface area (Å²) < 4.78 is 28.9. The number of piperazine rings is 1. The van der Waals surface area contributed by atoms with Gasteiger partial charge in [0.15, 0.2) is 0 Å². The number of anilines is 1. The van der Waals surface area contributed by atoms with Crippen LogP contribution in [0.2, 0.25) is 0 Å². The topological polar surface area (TPSA) is 119 Å². The monoisotopic (exact) mass is 538 g/mol. The Bertz CT molecular complexity index is 1340. The van der Waals surface area contributed by atoms with Gasteiger partial charge in [0, 0.05) is 62.2 Å². The maximum atomic E-state index is 15.2. The predicted octanol–water partition coefficient (Wildman–Crippen LogP) is 2.61. The first-order valence-corrected chi connectivity index (χ1v) is 13.7. The predicted molar refractivity (Wildman–Crippen MR) is 144 cm³/mol. The highest BCUT2D eigenvalue weighted by molar-refractivity contribution is 6.01. The van der Waals surface area contributed by atoms with Crippen molar-refractivity contribution in [3.63, 3.8) is 0 Å². The van der Waals surface area contributed by atoms with E-state index in [2.05, 4.69) is 19.4 Å². The molecule has 3 fully saturated rings. The number of aliphatic hydroxyl groups is 1. The minimum atomic E-state index is -0.964. The van der Waals surface area contributed by atoms with E-state index in [4.69, 9.17) is 15.2 Å². The molecule has 2 atom stereocenters. The number of nitrogens with two attached hydrogens (primary N) is 1. The number of aliphatic hydroxyl groups excluding tert-OH is 1. The number of nitrogens with zero attached hydrogens (tertiary/aromatic N) is 5. The molecule has 0 unspecified atom stereocenters. The Morgan fingerprint density at radius 2 is 2.00 bits per heavy atom. The third-order valence-corrected chi connectivity index (χ3v) is 8.31. The lowest BCUT2D eigenvalue weighted by Crippen LogP contribution is -2.56. The lowest BCUT2D eigenvalue weighted by molar-refractivity contribution is -0.141. The normalized spacial score (nSPS) is 24.6. The van der Waals surface area contributed by atoms with Crippen LogP contribution in [-0.2, 0) is 9.53 Å². The van der Waals surface area contributed by atoms with E-state index in [0.717, 1.165) is 45.4 Å². The van der Waals surface area contributed by atoms with Crippen LogP contribution in [0.1, 0.15) is 38.6 Å². The molecule has 1 aromatic carbocycles. The SMILES string of the molecule is C[C@H](O)C(=O)N1CCN([C@H]2C[C@@H](n3cc(-c4cc(OC[C@@H]5CCCO5)ccc4F)c4c(N)ncnc43)C2)CC1. The number of amides is 1. The molecule has 6 rings (SSSR count). The van der Waals surface area contributed by atoms with Gasteiger partial charge in [0.2, 0.25) is 0 Å². The van der Waals surface area contributed by atoms with Gasteiger partial charge in [0.05, 0.1) is 11.5 Å². The molecule has 3 aliphatic rings. The summed E-state index contributed by atoms with van der Waals surface area (Å²) in [5.41, 5.74) is 8.05. The Hall–Kier alpha value is -3.28. The number of nitrogen functional groups attached to an aromatic ring is 1. The summed E-state index contributed by atoms with van der Waals surface area (Å²) in [4.78, 5) is 25.0. The summed E-state index contributed by atoms with van der Waals surface area (Å²) in [6.45, 7) is 5.51. The average molecular weight is 539 g/mol. The second kappa shape index (κ2) is 10.7. The van der Waals surface area contributed by atoms with Gasteiger partial charge in [-0.3, -0.25) is 9.69 Å². The van der Waals surface area contributed by atoms with Crippen LogP contribution in [0, 0.1) is 5.82 Å². The van der Waals surface area contributed by atoms with Gasteiger partial charge >= 0.3 is 0 Å². The van der Waals surface area contributed by atoms with E-state index in [1.807, 2.05) is 6.20 Å². The minimum absolute atomic E-state index is 0.0673. The van der Waals surface area contributed by atoms with Crippen LogP contribution in [0.4, 0.5) is 10.2 Å². The molecular weight excluding hydrogens is 503 g/mol. The van der Waals surface area contributed by atoms with Gasteiger partial charge in [-0.05, 0) is 50.8 Å².